The highest BCUT2D eigenvalue weighted by atomic mass is 19.4. The van der Waals surface area contributed by atoms with Crippen molar-refractivity contribution in [1.82, 2.24) is 4.90 Å². The van der Waals surface area contributed by atoms with E-state index in [0.717, 1.165) is 25.9 Å². The summed E-state index contributed by atoms with van der Waals surface area (Å²) >= 11 is 0. The van der Waals surface area contributed by atoms with Crippen molar-refractivity contribution in [3.05, 3.63) is 0 Å². The van der Waals surface area contributed by atoms with Crippen LogP contribution in [0.1, 0.15) is 38.5 Å². The van der Waals surface area contributed by atoms with Gasteiger partial charge in [0.1, 0.15) is 0 Å². The molecular weight excluding hydrogens is 253 g/mol. The summed E-state index contributed by atoms with van der Waals surface area (Å²) in [4.78, 5) is 2.03. The fourth-order valence-corrected chi connectivity index (χ4v) is 3.66. The lowest BCUT2D eigenvalue weighted by Gasteiger charge is -2.39. The van der Waals surface area contributed by atoms with E-state index < -0.39 is 12.1 Å². The van der Waals surface area contributed by atoms with Crippen LogP contribution in [0.2, 0.25) is 0 Å². The van der Waals surface area contributed by atoms with E-state index in [0.29, 0.717) is 31.2 Å². The van der Waals surface area contributed by atoms with Gasteiger partial charge in [-0.2, -0.15) is 13.2 Å². The number of halogens is 3. The first-order valence-corrected chi connectivity index (χ1v) is 7.50. The molecular formula is C14H25F3N2. The third kappa shape index (κ3) is 4.09. The highest BCUT2D eigenvalue weighted by molar-refractivity contribution is 4.83. The van der Waals surface area contributed by atoms with E-state index >= 15 is 0 Å². The highest BCUT2D eigenvalue weighted by Crippen LogP contribution is 2.35. The van der Waals surface area contributed by atoms with Crippen LogP contribution in [0.4, 0.5) is 13.2 Å². The molecule has 1 saturated heterocycles. The van der Waals surface area contributed by atoms with Gasteiger partial charge >= 0.3 is 6.18 Å². The molecule has 0 amide bonds. The Hall–Kier alpha value is -0.290. The van der Waals surface area contributed by atoms with Crippen LogP contribution in [0.5, 0.6) is 0 Å². The number of piperidine rings is 1. The number of nitrogens with two attached hydrogens (primary N) is 1. The van der Waals surface area contributed by atoms with Crippen molar-refractivity contribution in [2.75, 3.05) is 26.2 Å². The summed E-state index contributed by atoms with van der Waals surface area (Å²) in [5.74, 6) is -0.105. The van der Waals surface area contributed by atoms with Gasteiger partial charge in [0, 0.05) is 13.1 Å². The minimum Gasteiger partial charge on any atom is -0.330 e. The first kappa shape index (κ1) is 15.1. The minimum absolute atomic E-state index is 0.192. The Morgan fingerprint density at radius 2 is 1.68 bits per heavy atom. The summed E-state index contributed by atoms with van der Waals surface area (Å²) < 4.78 is 38.4. The van der Waals surface area contributed by atoms with Crippen molar-refractivity contribution in [3.8, 4) is 0 Å². The monoisotopic (exact) mass is 278 g/mol. The van der Waals surface area contributed by atoms with Gasteiger partial charge in [0.25, 0.3) is 0 Å². The third-order valence-corrected chi connectivity index (χ3v) is 4.83. The van der Waals surface area contributed by atoms with Crippen molar-refractivity contribution in [1.29, 1.82) is 0 Å². The molecule has 0 bridgehead atoms. The Morgan fingerprint density at radius 3 is 2.32 bits per heavy atom. The van der Waals surface area contributed by atoms with Gasteiger partial charge in [0.15, 0.2) is 0 Å². The molecule has 2 nitrogen and oxygen atoms in total. The van der Waals surface area contributed by atoms with Gasteiger partial charge in [-0.25, -0.2) is 0 Å². The molecule has 5 heteroatoms. The zero-order chi connectivity index (χ0) is 13.9. The number of rotatable bonds is 3. The first-order chi connectivity index (χ1) is 9.00. The van der Waals surface area contributed by atoms with Gasteiger partial charge in [-0.15, -0.1) is 0 Å². The average molecular weight is 278 g/mol. The minimum atomic E-state index is -4.03. The fourth-order valence-electron chi connectivity index (χ4n) is 3.66. The zero-order valence-corrected chi connectivity index (χ0v) is 11.5. The van der Waals surface area contributed by atoms with E-state index in [9.17, 15) is 13.2 Å². The topological polar surface area (TPSA) is 29.3 Å². The van der Waals surface area contributed by atoms with Crippen molar-refractivity contribution in [2.45, 2.75) is 44.7 Å². The number of likely N-dealkylation sites (tertiary alicyclic amines) is 1. The number of hydrogen-bond acceptors (Lipinski definition) is 2. The molecule has 2 aliphatic rings. The first-order valence-electron chi connectivity index (χ1n) is 7.50. The number of nitrogens with zero attached hydrogens (tertiary/aromatic N) is 1. The molecule has 2 rings (SSSR count). The second kappa shape index (κ2) is 6.44. The molecule has 19 heavy (non-hydrogen) atoms. The molecule has 1 heterocycles. The van der Waals surface area contributed by atoms with E-state index in [4.69, 9.17) is 5.73 Å². The van der Waals surface area contributed by atoms with Gasteiger partial charge < -0.3 is 10.6 Å². The lowest BCUT2D eigenvalue weighted by atomic mass is 9.78. The van der Waals surface area contributed by atoms with E-state index in [1.54, 1.807) is 0 Å². The molecule has 0 radical (unpaired) electrons. The molecule has 0 spiro atoms. The summed E-state index contributed by atoms with van der Waals surface area (Å²) in [6.45, 7) is 2.51. The van der Waals surface area contributed by atoms with E-state index in [1.165, 1.54) is 12.8 Å². The normalized spacial score (nSPS) is 34.4. The van der Waals surface area contributed by atoms with Crippen LogP contribution in [-0.2, 0) is 0 Å². The molecule has 2 N–H and O–H groups in total. The van der Waals surface area contributed by atoms with Crippen LogP contribution < -0.4 is 5.73 Å². The Morgan fingerprint density at radius 1 is 1.00 bits per heavy atom. The van der Waals surface area contributed by atoms with Gasteiger partial charge in [0.05, 0.1) is 5.92 Å². The molecule has 1 aliphatic carbocycles. The Labute approximate surface area is 113 Å². The van der Waals surface area contributed by atoms with Gasteiger partial charge in [-0.1, -0.05) is 12.8 Å². The molecule has 0 aromatic rings. The average Bonchev–Trinajstić information content (AvgIpc) is 2.39. The van der Waals surface area contributed by atoms with E-state index in [-0.39, 0.29) is 6.54 Å². The molecule has 0 aromatic heterocycles. The molecule has 1 aliphatic heterocycles. The number of alkyl halides is 3. The third-order valence-electron chi connectivity index (χ3n) is 4.83. The Balaban J connectivity index is 1.87. The van der Waals surface area contributed by atoms with Crippen LogP contribution in [0.15, 0.2) is 0 Å². The Kier molecular flexibility index (Phi) is 5.12. The fraction of sp³-hybridized carbons (Fsp3) is 1.00. The second-order valence-corrected chi connectivity index (χ2v) is 6.18. The van der Waals surface area contributed by atoms with Crippen molar-refractivity contribution in [2.24, 2.45) is 23.5 Å². The SMILES string of the molecule is NCC1CCCCC1CN1CCCC(C(F)(F)F)C1. The largest absolute Gasteiger partial charge is 0.393 e. The van der Waals surface area contributed by atoms with E-state index in [1.807, 2.05) is 4.90 Å². The smallest absolute Gasteiger partial charge is 0.330 e. The maximum atomic E-state index is 12.8. The molecule has 2 fully saturated rings. The van der Waals surface area contributed by atoms with Crippen molar-refractivity contribution in [3.63, 3.8) is 0 Å². The van der Waals surface area contributed by atoms with Crippen molar-refractivity contribution < 1.29 is 13.2 Å². The Bertz CT molecular complexity index is 280. The lowest BCUT2D eigenvalue weighted by molar-refractivity contribution is -0.187. The molecule has 3 atom stereocenters. The summed E-state index contributed by atoms with van der Waals surface area (Å²) in [5, 5.41) is 0. The summed E-state index contributed by atoms with van der Waals surface area (Å²) in [6.07, 6.45) is 1.65. The van der Waals surface area contributed by atoms with Crippen molar-refractivity contribution >= 4 is 0 Å². The number of hydrogen-bond donors (Lipinski definition) is 1. The van der Waals surface area contributed by atoms with Crippen LogP contribution in [0, 0.1) is 17.8 Å². The summed E-state index contributed by atoms with van der Waals surface area (Å²) in [5.41, 5.74) is 5.80. The van der Waals surface area contributed by atoms with Crippen LogP contribution in [0.25, 0.3) is 0 Å². The summed E-state index contributed by atoms with van der Waals surface area (Å²) in [7, 11) is 0. The zero-order valence-electron chi connectivity index (χ0n) is 11.5. The molecule has 0 aromatic carbocycles. The quantitative estimate of drug-likeness (QED) is 0.860. The summed E-state index contributed by atoms with van der Waals surface area (Å²) in [6, 6.07) is 0. The standard InChI is InChI=1S/C14H25F3N2/c15-14(16,17)13-6-3-7-19(10-13)9-12-5-2-1-4-11(12)8-18/h11-13H,1-10,18H2. The van der Waals surface area contributed by atoms with Crippen LogP contribution in [0.3, 0.4) is 0 Å². The van der Waals surface area contributed by atoms with Crippen LogP contribution >= 0.6 is 0 Å². The molecule has 112 valence electrons. The molecule has 3 unspecified atom stereocenters. The molecule has 1 saturated carbocycles. The highest BCUT2D eigenvalue weighted by Gasteiger charge is 2.42. The maximum Gasteiger partial charge on any atom is 0.393 e. The predicted octanol–water partition coefficient (Wildman–Crippen LogP) is 3.03. The second-order valence-electron chi connectivity index (χ2n) is 6.18. The maximum absolute atomic E-state index is 12.8. The van der Waals surface area contributed by atoms with Crippen LogP contribution in [-0.4, -0.2) is 37.3 Å². The van der Waals surface area contributed by atoms with Gasteiger partial charge in [-0.3, -0.25) is 0 Å². The lowest BCUT2D eigenvalue weighted by Crippen LogP contribution is -2.45. The van der Waals surface area contributed by atoms with E-state index in [2.05, 4.69) is 0 Å². The van der Waals surface area contributed by atoms with Gasteiger partial charge in [-0.05, 0) is 50.6 Å². The van der Waals surface area contributed by atoms with Gasteiger partial charge in [0.2, 0.25) is 0 Å². The predicted molar refractivity (Wildman–Crippen MR) is 69.7 cm³/mol.